The largest absolute Gasteiger partial charge is 0.495 e. The number of halogens is 2. The van der Waals surface area contributed by atoms with E-state index in [-0.39, 0.29) is 10.2 Å². The van der Waals surface area contributed by atoms with Crippen molar-refractivity contribution in [2.45, 2.75) is 24.8 Å². The van der Waals surface area contributed by atoms with Crippen LogP contribution >= 0.6 is 15.9 Å². The van der Waals surface area contributed by atoms with E-state index in [0.717, 1.165) is 10.4 Å². The van der Waals surface area contributed by atoms with Crippen molar-refractivity contribution < 1.29 is 27.4 Å². The fourth-order valence-electron chi connectivity index (χ4n) is 1.68. The van der Waals surface area contributed by atoms with Gasteiger partial charge in [-0.05, 0) is 41.9 Å². The molecule has 1 N–H and O–H groups in total. The molecule has 0 heterocycles. The number of sulfonamides is 1. The van der Waals surface area contributed by atoms with Crippen LogP contribution in [0, 0.1) is 5.82 Å². The third kappa shape index (κ3) is 3.92. The molecular formula is C12H15BrFNO5S. The molecule has 0 saturated heterocycles. The summed E-state index contributed by atoms with van der Waals surface area (Å²) in [5, 5.41) is 8.85. The predicted octanol–water partition coefficient (Wildman–Crippen LogP) is 2.08. The third-order valence-electron chi connectivity index (χ3n) is 2.66. The highest BCUT2D eigenvalue weighted by Gasteiger charge is 2.32. The zero-order valence-electron chi connectivity index (χ0n) is 11.6. The zero-order chi connectivity index (χ0) is 16.4. The van der Waals surface area contributed by atoms with Crippen molar-refractivity contribution in [1.29, 1.82) is 0 Å². The summed E-state index contributed by atoms with van der Waals surface area (Å²) in [7, 11) is -2.97. The fourth-order valence-corrected chi connectivity index (χ4v) is 3.74. The number of rotatable bonds is 6. The van der Waals surface area contributed by atoms with Crippen molar-refractivity contribution in [2.24, 2.45) is 0 Å². The van der Waals surface area contributed by atoms with Gasteiger partial charge in [0.15, 0.2) is 0 Å². The number of ether oxygens (including phenoxy) is 1. The number of carboxylic acids is 1. The molecule has 6 nitrogen and oxygen atoms in total. The van der Waals surface area contributed by atoms with Crippen molar-refractivity contribution in [3.05, 3.63) is 22.4 Å². The first kappa shape index (κ1) is 17.9. The van der Waals surface area contributed by atoms with Crippen molar-refractivity contribution in [3.8, 4) is 5.75 Å². The Balaban J connectivity index is 3.47. The van der Waals surface area contributed by atoms with Crippen LogP contribution in [0.25, 0.3) is 0 Å². The number of carbonyl (C=O) groups is 1. The van der Waals surface area contributed by atoms with Crippen LogP contribution in [0.2, 0.25) is 0 Å². The number of methoxy groups -OCH3 is 1. The van der Waals surface area contributed by atoms with E-state index in [1.54, 1.807) is 0 Å². The van der Waals surface area contributed by atoms with Gasteiger partial charge in [0, 0.05) is 6.04 Å². The molecule has 1 aromatic carbocycles. The smallest absolute Gasteiger partial charge is 0.318 e. The molecule has 0 aliphatic heterocycles. The third-order valence-corrected chi connectivity index (χ3v) is 5.31. The first-order valence-electron chi connectivity index (χ1n) is 5.88. The highest BCUT2D eigenvalue weighted by molar-refractivity contribution is 9.10. The molecule has 0 atom stereocenters. The van der Waals surface area contributed by atoms with Crippen LogP contribution in [0.3, 0.4) is 0 Å². The van der Waals surface area contributed by atoms with Gasteiger partial charge in [0.2, 0.25) is 10.0 Å². The number of benzene rings is 1. The number of aliphatic carboxylic acids is 1. The molecule has 0 fully saturated rings. The molecule has 0 amide bonds. The minimum atomic E-state index is -4.21. The molecule has 0 saturated carbocycles. The molecule has 21 heavy (non-hydrogen) atoms. The SMILES string of the molecule is COc1cc(Br)c(F)cc1S(=O)(=O)N(CC(=O)O)C(C)C. The van der Waals surface area contributed by atoms with E-state index in [9.17, 15) is 17.6 Å². The van der Waals surface area contributed by atoms with Gasteiger partial charge in [0.05, 0.1) is 11.6 Å². The number of carboxylic acid groups (broad SMARTS) is 1. The monoisotopic (exact) mass is 383 g/mol. The van der Waals surface area contributed by atoms with Crippen LogP contribution in [-0.4, -0.2) is 43.5 Å². The Labute approximate surface area is 130 Å². The van der Waals surface area contributed by atoms with Crippen LogP contribution < -0.4 is 4.74 Å². The highest BCUT2D eigenvalue weighted by atomic mass is 79.9. The van der Waals surface area contributed by atoms with E-state index in [1.165, 1.54) is 27.0 Å². The maximum absolute atomic E-state index is 13.7. The lowest BCUT2D eigenvalue weighted by Gasteiger charge is -2.25. The van der Waals surface area contributed by atoms with Crippen molar-refractivity contribution in [1.82, 2.24) is 4.31 Å². The second-order valence-electron chi connectivity index (χ2n) is 4.45. The summed E-state index contributed by atoms with van der Waals surface area (Å²) in [5.74, 6) is -2.16. The van der Waals surface area contributed by atoms with E-state index in [0.29, 0.717) is 0 Å². The van der Waals surface area contributed by atoms with Crippen LogP contribution in [-0.2, 0) is 14.8 Å². The first-order valence-corrected chi connectivity index (χ1v) is 8.11. The fraction of sp³-hybridized carbons (Fsp3) is 0.417. The Morgan fingerprint density at radius 1 is 1.48 bits per heavy atom. The van der Waals surface area contributed by atoms with E-state index in [2.05, 4.69) is 15.9 Å². The second-order valence-corrected chi connectivity index (χ2v) is 7.17. The summed E-state index contributed by atoms with van der Waals surface area (Å²) in [4.78, 5) is 10.4. The van der Waals surface area contributed by atoms with Crippen molar-refractivity contribution in [2.75, 3.05) is 13.7 Å². The van der Waals surface area contributed by atoms with Gasteiger partial charge in [-0.2, -0.15) is 4.31 Å². The molecule has 0 bridgehead atoms. The quantitative estimate of drug-likeness (QED) is 0.812. The standard InChI is InChI=1S/C12H15BrFNO5S/c1-7(2)15(6-12(16)17)21(18,19)11-5-9(14)8(13)4-10(11)20-3/h4-5,7H,6H2,1-3H3,(H,16,17). The number of hydrogen-bond acceptors (Lipinski definition) is 4. The lowest BCUT2D eigenvalue weighted by atomic mass is 10.3. The molecule has 1 aromatic rings. The Kier molecular flexibility index (Phi) is 5.71. The van der Waals surface area contributed by atoms with Gasteiger partial charge in [-0.3, -0.25) is 4.79 Å². The molecule has 1 rings (SSSR count). The Bertz CT molecular complexity index is 647. The van der Waals surface area contributed by atoms with Crippen LogP contribution in [0.1, 0.15) is 13.8 Å². The molecule has 118 valence electrons. The lowest BCUT2D eigenvalue weighted by Crippen LogP contribution is -2.40. The molecule has 0 aliphatic rings. The average Bonchev–Trinajstić information content (AvgIpc) is 2.37. The first-order chi connectivity index (χ1) is 9.61. The maximum Gasteiger partial charge on any atom is 0.318 e. The summed E-state index contributed by atoms with van der Waals surface area (Å²) in [6.45, 7) is 2.34. The normalized spacial score (nSPS) is 12.0. The molecule has 0 unspecified atom stereocenters. The molecular weight excluding hydrogens is 369 g/mol. The van der Waals surface area contributed by atoms with E-state index >= 15 is 0 Å². The maximum atomic E-state index is 13.7. The van der Waals surface area contributed by atoms with Crippen molar-refractivity contribution in [3.63, 3.8) is 0 Å². The van der Waals surface area contributed by atoms with Gasteiger partial charge >= 0.3 is 5.97 Å². The van der Waals surface area contributed by atoms with Crippen molar-refractivity contribution >= 4 is 31.9 Å². The molecule has 0 spiro atoms. The van der Waals surface area contributed by atoms with Gasteiger partial charge in [0.25, 0.3) is 0 Å². The molecule has 0 radical (unpaired) electrons. The van der Waals surface area contributed by atoms with E-state index in [4.69, 9.17) is 9.84 Å². The van der Waals surface area contributed by atoms with Crippen LogP contribution in [0.4, 0.5) is 4.39 Å². The average molecular weight is 384 g/mol. The van der Waals surface area contributed by atoms with E-state index in [1.807, 2.05) is 0 Å². The van der Waals surface area contributed by atoms with E-state index < -0.39 is 39.3 Å². The summed E-state index contributed by atoms with van der Waals surface area (Å²) < 4.78 is 44.5. The van der Waals surface area contributed by atoms with Crippen LogP contribution in [0.15, 0.2) is 21.5 Å². The number of nitrogens with zero attached hydrogens (tertiary/aromatic N) is 1. The molecule has 0 aromatic heterocycles. The summed E-state index contributed by atoms with van der Waals surface area (Å²) in [5.41, 5.74) is 0. The van der Waals surface area contributed by atoms with Gasteiger partial charge in [-0.1, -0.05) is 0 Å². The molecule has 9 heteroatoms. The highest BCUT2D eigenvalue weighted by Crippen LogP contribution is 2.32. The Morgan fingerprint density at radius 3 is 2.48 bits per heavy atom. The summed E-state index contributed by atoms with van der Waals surface area (Å²) in [6, 6.07) is 1.37. The zero-order valence-corrected chi connectivity index (χ0v) is 14.0. The summed E-state index contributed by atoms with van der Waals surface area (Å²) >= 11 is 2.94. The van der Waals surface area contributed by atoms with Crippen LogP contribution in [0.5, 0.6) is 5.75 Å². The Morgan fingerprint density at radius 2 is 2.05 bits per heavy atom. The summed E-state index contributed by atoms with van der Waals surface area (Å²) in [6.07, 6.45) is 0. The lowest BCUT2D eigenvalue weighted by molar-refractivity contribution is -0.137. The Hall–Kier alpha value is -1.19. The van der Waals surface area contributed by atoms with Gasteiger partial charge in [0.1, 0.15) is 23.0 Å². The number of hydrogen-bond donors (Lipinski definition) is 1. The van der Waals surface area contributed by atoms with Gasteiger partial charge in [-0.15, -0.1) is 0 Å². The van der Waals surface area contributed by atoms with Gasteiger partial charge < -0.3 is 9.84 Å². The minimum Gasteiger partial charge on any atom is -0.495 e. The predicted molar refractivity (Wildman–Crippen MR) is 77.3 cm³/mol. The second kappa shape index (κ2) is 6.71. The topological polar surface area (TPSA) is 83.9 Å². The molecule has 0 aliphatic carbocycles. The van der Waals surface area contributed by atoms with Gasteiger partial charge in [-0.25, -0.2) is 12.8 Å². The minimum absolute atomic E-state index is 0.0487.